The molecule has 0 spiro atoms. The summed E-state index contributed by atoms with van der Waals surface area (Å²) in [7, 11) is 2.07. The maximum Gasteiger partial charge on any atom is 0.106 e. The zero-order valence-electron chi connectivity index (χ0n) is 10.9. The van der Waals surface area contributed by atoms with Crippen LogP contribution in [0.3, 0.4) is 0 Å². The van der Waals surface area contributed by atoms with Gasteiger partial charge in [0.25, 0.3) is 0 Å². The molecule has 1 atom stereocenters. The summed E-state index contributed by atoms with van der Waals surface area (Å²) in [6, 6.07) is 6.96. The van der Waals surface area contributed by atoms with Gasteiger partial charge in [-0.1, -0.05) is 6.07 Å². The van der Waals surface area contributed by atoms with Gasteiger partial charge < -0.3 is 14.6 Å². The fourth-order valence-electron chi connectivity index (χ4n) is 2.52. The van der Waals surface area contributed by atoms with Gasteiger partial charge in [-0.25, -0.2) is 4.98 Å². The number of nitrogens with zero attached hydrogens (tertiary/aromatic N) is 2. The van der Waals surface area contributed by atoms with E-state index in [2.05, 4.69) is 40.1 Å². The minimum absolute atomic E-state index is 0.436. The molecular weight excluding hydrogens is 226 g/mol. The highest BCUT2D eigenvalue weighted by Crippen LogP contribution is 2.17. The van der Waals surface area contributed by atoms with Crippen molar-refractivity contribution in [2.24, 2.45) is 7.05 Å². The van der Waals surface area contributed by atoms with E-state index in [-0.39, 0.29) is 0 Å². The number of morpholine rings is 1. The lowest BCUT2D eigenvalue weighted by Crippen LogP contribution is -2.42. The van der Waals surface area contributed by atoms with Gasteiger partial charge in [-0.15, -0.1) is 0 Å². The molecule has 1 aromatic carbocycles. The van der Waals surface area contributed by atoms with Gasteiger partial charge in [-0.05, 0) is 31.0 Å². The van der Waals surface area contributed by atoms with Crippen LogP contribution in [0.25, 0.3) is 11.0 Å². The second-order valence-corrected chi connectivity index (χ2v) is 4.97. The first-order valence-corrected chi connectivity index (χ1v) is 6.47. The van der Waals surface area contributed by atoms with E-state index in [1.54, 1.807) is 0 Å². The Kier molecular flexibility index (Phi) is 3.06. The van der Waals surface area contributed by atoms with Crippen LogP contribution in [0.4, 0.5) is 0 Å². The van der Waals surface area contributed by atoms with Crippen molar-refractivity contribution in [3.63, 3.8) is 0 Å². The summed E-state index contributed by atoms with van der Waals surface area (Å²) in [6.45, 7) is 4.63. The quantitative estimate of drug-likeness (QED) is 0.869. The van der Waals surface area contributed by atoms with Crippen molar-refractivity contribution in [3.05, 3.63) is 29.6 Å². The zero-order chi connectivity index (χ0) is 12.5. The zero-order valence-corrected chi connectivity index (χ0v) is 10.9. The fraction of sp³-hybridized carbons (Fsp3) is 0.500. The highest BCUT2D eigenvalue weighted by atomic mass is 16.5. The average Bonchev–Trinajstić information content (AvgIpc) is 2.67. The van der Waals surface area contributed by atoms with E-state index < -0.39 is 0 Å². The van der Waals surface area contributed by atoms with Crippen molar-refractivity contribution in [2.75, 3.05) is 19.8 Å². The van der Waals surface area contributed by atoms with Gasteiger partial charge in [0.1, 0.15) is 5.82 Å². The van der Waals surface area contributed by atoms with Crippen LogP contribution in [-0.2, 0) is 18.2 Å². The van der Waals surface area contributed by atoms with Crippen molar-refractivity contribution in [1.82, 2.24) is 14.9 Å². The molecule has 18 heavy (non-hydrogen) atoms. The van der Waals surface area contributed by atoms with Crippen molar-refractivity contribution < 1.29 is 4.74 Å². The van der Waals surface area contributed by atoms with Gasteiger partial charge in [0.2, 0.25) is 0 Å². The second kappa shape index (κ2) is 4.71. The maximum absolute atomic E-state index is 5.49. The number of hydrogen-bond acceptors (Lipinski definition) is 3. The summed E-state index contributed by atoms with van der Waals surface area (Å²) in [5.41, 5.74) is 3.63. The monoisotopic (exact) mass is 245 g/mol. The van der Waals surface area contributed by atoms with E-state index in [1.165, 1.54) is 11.1 Å². The van der Waals surface area contributed by atoms with Gasteiger partial charge in [0, 0.05) is 19.6 Å². The van der Waals surface area contributed by atoms with Gasteiger partial charge in [0.05, 0.1) is 24.2 Å². The molecule has 1 fully saturated rings. The van der Waals surface area contributed by atoms with Crippen molar-refractivity contribution in [2.45, 2.75) is 19.4 Å². The lowest BCUT2D eigenvalue weighted by Gasteiger charge is -2.23. The average molecular weight is 245 g/mol. The Morgan fingerprint density at radius 3 is 3.17 bits per heavy atom. The predicted molar refractivity (Wildman–Crippen MR) is 71.8 cm³/mol. The Labute approximate surface area is 107 Å². The van der Waals surface area contributed by atoms with Crippen LogP contribution >= 0.6 is 0 Å². The minimum atomic E-state index is 0.436. The van der Waals surface area contributed by atoms with E-state index in [0.29, 0.717) is 6.04 Å². The minimum Gasteiger partial charge on any atom is -0.379 e. The third-order valence-corrected chi connectivity index (χ3v) is 3.65. The van der Waals surface area contributed by atoms with Gasteiger partial charge in [0.15, 0.2) is 0 Å². The predicted octanol–water partition coefficient (Wildman–Crippen LogP) is 1.41. The number of aromatic nitrogens is 2. The normalized spacial score (nSPS) is 20.4. The first-order valence-electron chi connectivity index (χ1n) is 6.47. The van der Waals surface area contributed by atoms with Crippen LogP contribution in [0, 0.1) is 6.92 Å². The number of nitrogens with one attached hydrogen (secondary N) is 1. The number of aryl methyl sites for hydroxylation is 2. The summed E-state index contributed by atoms with van der Waals surface area (Å²) >= 11 is 0. The summed E-state index contributed by atoms with van der Waals surface area (Å²) in [5.74, 6) is 1.06. The molecule has 4 heteroatoms. The highest BCUT2D eigenvalue weighted by Gasteiger charge is 2.14. The third kappa shape index (κ3) is 2.13. The molecular formula is C14H19N3O. The van der Waals surface area contributed by atoms with E-state index in [9.17, 15) is 0 Å². The largest absolute Gasteiger partial charge is 0.379 e. The molecule has 3 rings (SSSR count). The summed E-state index contributed by atoms with van der Waals surface area (Å²) < 4.78 is 7.63. The number of fused-ring (bicyclic) bond motifs is 1. The number of rotatable bonds is 2. The van der Waals surface area contributed by atoms with Crippen LogP contribution in [0.15, 0.2) is 18.2 Å². The van der Waals surface area contributed by atoms with Gasteiger partial charge in [-0.3, -0.25) is 0 Å². The smallest absolute Gasteiger partial charge is 0.106 e. The molecule has 0 bridgehead atoms. The fourth-order valence-corrected chi connectivity index (χ4v) is 2.52. The van der Waals surface area contributed by atoms with Gasteiger partial charge in [-0.2, -0.15) is 0 Å². The molecule has 2 heterocycles. The summed E-state index contributed by atoms with van der Waals surface area (Å²) in [5, 5.41) is 3.49. The van der Waals surface area contributed by atoms with E-state index >= 15 is 0 Å². The molecule has 1 N–H and O–H groups in total. The van der Waals surface area contributed by atoms with Crippen molar-refractivity contribution in [1.29, 1.82) is 0 Å². The molecule has 2 aromatic rings. The molecule has 4 nitrogen and oxygen atoms in total. The third-order valence-electron chi connectivity index (χ3n) is 3.65. The standard InChI is InChI=1S/C14H19N3O/c1-10-16-13-4-3-11(8-14(13)17(10)2)7-12-9-18-6-5-15-12/h3-4,8,12,15H,5-7,9H2,1-2H3. The topological polar surface area (TPSA) is 39.1 Å². The Morgan fingerprint density at radius 2 is 2.39 bits per heavy atom. The molecule has 1 aliphatic rings. The number of benzene rings is 1. The lowest BCUT2D eigenvalue weighted by atomic mass is 10.1. The molecule has 1 saturated heterocycles. The lowest BCUT2D eigenvalue weighted by molar-refractivity contribution is 0.0770. The molecule has 0 saturated carbocycles. The van der Waals surface area contributed by atoms with E-state index in [1.807, 2.05) is 6.92 Å². The van der Waals surface area contributed by atoms with Crippen molar-refractivity contribution >= 4 is 11.0 Å². The number of ether oxygens (including phenoxy) is 1. The molecule has 1 aromatic heterocycles. The first kappa shape index (κ1) is 11.7. The van der Waals surface area contributed by atoms with E-state index in [0.717, 1.165) is 37.5 Å². The molecule has 96 valence electrons. The van der Waals surface area contributed by atoms with Gasteiger partial charge >= 0.3 is 0 Å². The SMILES string of the molecule is Cc1nc2ccc(CC3COCCN3)cc2n1C. The Balaban J connectivity index is 1.85. The number of hydrogen-bond donors (Lipinski definition) is 1. The van der Waals surface area contributed by atoms with E-state index in [4.69, 9.17) is 4.74 Å². The van der Waals surface area contributed by atoms with Crippen LogP contribution < -0.4 is 5.32 Å². The van der Waals surface area contributed by atoms with Crippen LogP contribution in [0.5, 0.6) is 0 Å². The first-order chi connectivity index (χ1) is 8.74. The van der Waals surface area contributed by atoms with Crippen LogP contribution in [0.2, 0.25) is 0 Å². The maximum atomic E-state index is 5.49. The highest BCUT2D eigenvalue weighted by molar-refractivity contribution is 5.76. The molecule has 1 aliphatic heterocycles. The molecule has 0 radical (unpaired) electrons. The van der Waals surface area contributed by atoms with Crippen LogP contribution in [0.1, 0.15) is 11.4 Å². The van der Waals surface area contributed by atoms with Crippen LogP contribution in [-0.4, -0.2) is 35.4 Å². The molecule has 1 unspecified atom stereocenters. The Morgan fingerprint density at radius 1 is 1.50 bits per heavy atom. The molecule has 0 amide bonds. The summed E-state index contributed by atoms with van der Waals surface area (Å²) in [4.78, 5) is 4.52. The Bertz CT molecular complexity index is 555. The van der Waals surface area contributed by atoms with Crippen molar-refractivity contribution in [3.8, 4) is 0 Å². The summed E-state index contributed by atoms with van der Waals surface area (Å²) in [6.07, 6.45) is 1.01. The number of imidazole rings is 1. The molecule has 0 aliphatic carbocycles. The Hall–Kier alpha value is -1.39. The second-order valence-electron chi connectivity index (χ2n) is 4.97.